The van der Waals surface area contributed by atoms with Gasteiger partial charge in [-0.1, -0.05) is 6.07 Å². The second-order valence-electron chi connectivity index (χ2n) is 7.74. The molecule has 1 heterocycles. The summed E-state index contributed by atoms with van der Waals surface area (Å²) in [5.41, 5.74) is 1.25. The van der Waals surface area contributed by atoms with Crippen LogP contribution in [0.3, 0.4) is 0 Å². The van der Waals surface area contributed by atoms with E-state index in [-0.39, 0.29) is 0 Å². The molecule has 0 atom stereocenters. The number of benzene rings is 1. The predicted octanol–water partition coefficient (Wildman–Crippen LogP) is 3.31. The molecule has 0 bridgehead atoms. The number of piperidine rings is 1. The first-order chi connectivity index (χ1) is 14.2. The van der Waals surface area contributed by atoms with Crippen molar-refractivity contribution in [2.75, 3.05) is 53.5 Å². The van der Waals surface area contributed by atoms with Gasteiger partial charge in [-0.15, -0.1) is 0 Å². The number of hydrogen-bond donors (Lipinski definition) is 2. The number of guanidine groups is 1. The topological polar surface area (TPSA) is 58.1 Å². The molecule has 164 valence electrons. The molecule has 0 radical (unpaired) electrons. The minimum atomic E-state index is 0.638. The summed E-state index contributed by atoms with van der Waals surface area (Å²) in [4.78, 5) is 7.17. The number of likely N-dealkylation sites (tertiary alicyclic amines) is 1. The lowest BCUT2D eigenvalue weighted by molar-refractivity contribution is 0.213. The molecule has 6 nitrogen and oxygen atoms in total. The van der Waals surface area contributed by atoms with Crippen LogP contribution < -0.4 is 20.1 Å². The Morgan fingerprint density at radius 2 is 1.97 bits per heavy atom. The molecule has 0 spiro atoms. The minimum absolute atomic E-state index is 0.638. The number of aliphatic imine (C=N–C) groups is 1. The summed E-state index contributed by atoms with van der Waals surface area (Å²) in [6.45, 7) is 9.89. The van der Waals surface area contributed by atoms with E-state index in [1.165, 1.54) is 37.9 Å². The van der Waals surface area contributed by atoms with Crippen LogP contribution in [0.5, 0.6) is 11.5 Å². The Kier molecular flexibility index (Phi) is 10.7. The molecule has 1 aromatic carbocycles. The molecule has 0 amide bonds. The molecule has 1 aliphatic rings. The number of nitrogens with zero attached hydrogens (tertiary/aromatic N) is 2. The van der Waals surface area contributed by atoms with Gasteiger partial charge in [0.25, 0.3) is 0 Å². The van der Waals surface area contributed by atoms with E-state index in [0.717, 1.165) is 55.9 Å². The van der Waals surface area contributed by atoms with Crippen molar-refractivity contribution in [1.82, 2.24) is 15.5 Å². The van der Waals surface area contributed by atoms with Crippen molar-refractivity contribution < 1.29 is 9.47 Å². The maximum absolute atomic E-state index is 5.67. The fourth-order valence-corrected chi connectivity index (χ4v) is 3.71. The largest absolute Gasteiger partial charge is 0.493 e. The fourth-order valence-electron chi connectivity index (χ4n) is 3.71. The Bertz CT molecular complexity index is 613. The van der Waals surface area contributed by atoms with E-state index in [0.29, 0.717) is 6.61 Å². The van der Waals surface area contributed by atoms with Gasteiger partial charge in [-0.3, -0.25) is 4.99 Å². The Balaban J connectivity index is 1.74. The smallest absolute Gasteiger partial charge is 0.191 e. The van der Waals surface area contributed by atoms with Crippen molar-refractivity contribution in [1.29, 1.82) is 0 Å². The highest BCUT2D eigenvalue weighted by Gasteiger charge is 2.16. The molecule has 2 rings (SSSR count). The van der Waals surface area contributed by atoms with Gasteiger partial charge < -0.3 is 25.0 Å². The summed E-state index contributed by atoms with van der Waals surface area (Å²) in [5.74, 6) is 3.39. The molecule has 29 heavy (non-hydrogen) atoms. The van der Waals surface area contributed by atoms with E-state index < -0.39 is 0 Å². The third-order valence-electron chi connectivity index (χ3n) is 5.45. The number of methoxy groups -OCH3 is 1. The Labute approximate surface area is 177 Å². The predicted molar refractivity (Wildman–Crippen MR) is 121 cm³/mol. The van der Waals surface area contributed by atoms with E-state index in [1.54, 1.807) is 7.11 Å². The first-order valence-electron chi connectivity index (χ1n) is 11.2. The van der Waals surface area contributed by atoms with Crippen molar-refractivity contribution in [3.05, 3.63) is 23.8 Å². The molecule has 1 aromatic rings. The van der Waals surface area contributed by atoms with Crippen LogP contribution in [-0.2, 0) is 6.42 Å². The average molecular weight is 405 g/mol. The van der Waals surface area contributed by atoms with Crippen LogP contribution >= 0.6 is 0 Å². The highest BCUT2D eigenvalue weighted by Crippen LogP contribution is 2.28. The average Bonchev–Trinajstić information content (AvgIpc) is 2.73. The van der Waals surface area contributed by atoms with Gasteiger partial charge >= 0.3 is 0 Å². The standard InChI is InChI=1S/C23H40N4O2/c1-5-24-23(26-15-11-19-12-16-27(3)17-13-19)25-14-7-8-20-9-10-21(28-4)22(18-20)29-6-2/h9-10,18-19H,5-8,11-17H2,1-4H3,(H2,24,25,26). The van der Waals surface area contributed by atoms with Gasteiger partial charge in [0.15, 0.2) is 17.5 Å². The molecule has 1 aliphatic heterocycles. The summed E-state index contributed by atoms with van der Waals surface area (Å²) >= 11 is 0. The van der Waals surface area contributed by atoms with Crippen LogP contribution in [0, 0.1) is 5.92 Å². The number of ether oxygens (including phenoxy) is 2. The lowest BCUT2D eigenvalue weighted by Gasteiger charge is -2.29. The third kappa shape index (κ3) is 8.52. The monoisotopic (exact) mass is 404 g/mol. The quantitative estimate of drug-likeness (QED) is 0.337. The highest BCUT2D eigenvalue weighted by atomic mass is 16.5. The number of rotatable bonds is 11. The molecule has 0 aromatic heterocycles. The van der Waals surface area contributed by atoms with Crippen LogP contribution in [0.25, 0.3) is 0 Å². The summed E-state index contributed by atoms with van der Waals surface area (Å²) in [6, 6.07) is 6.17. The lowest BCUT2D eigenvalue weighted by Crippen LogP contribution is -2.39. The van der Waals surface area contributed by atoms with Crippen molar-refractivity contribution >= 4 is 5.96 Å². The zero-order chi connectivity index (χ0) is 20.9. The van der Waals surface area contributed by atoms with Crippen LogP contribution in [0.15, 0.2) is 23.2 Å². The van der Waals surface area contributed by atoms with Crippen molar-refractivity contribution in [2.24, 2.45) is 10.9 Å². The van der Waals surface area contributed by atoms with Gasteiger partial charge in [0.2, 0.25) is 0 Å². The third-order valence-corrected chi connectivity index (χ3v) is 5.45. The molecule has 6 heteroatoms. The van der Waals surface area contributed by atoms with Gasteiger partial charge in [-0.25, -0.2) is 0 Å². The Hall–Kier alpha value is -1.95. The molecule has 1 saturated heterocycles. The van der Waals surface area contributed by atoms with Gasteiger partial charge in [0.1, 0.15) is 0 Å². The van der Waals surface area contributed by atoms with E-state index >= 15 is 0 Å². The number of nitrogens with one attached hydrogen (secondary N) is 2. The van der Waals surface area contributed by atoms with Crippen LogP contribution in [0.2, 0.25) is 0 Å². The van der Waals surface area contributed by atoms with E-state index in [1.807, 2.05) is 13.0 Å². The first kappa shape index (κ1) is 23.3. The normalized spacial score (nSPS) is 15.9. The molecular formula is C23H40N4O2. The molecular weight excluding hydrogens is 364 g/mol. The second-order valence-corrected chi connectivity index (χ2v) is 7.74. The molecule has 1 fully saturated rings. The van der Waals surface area contributed by atoms with E-state index in [2.05, 4.69) is 41.6 Å². The van der Waals surface area contributed by atoms with Crippen molar-refractivity contribution in [3.63, 3.8) is 0 Å². The zero-order valence-corrected chi connectivity index (χ0v) is 18.8. The molecule has 0 unspecified atom stereocenters. The summed E-state index contributed by atoms with van der Waals surface area (Å²) in [6.07, 6.45) is 5.84. The van der Waals surface area contributed by atoms with Gasteiger partial charge in [-0.2, -0.15) is 0 Å². The van der Waals surface area contributed by atoms with Crippen molar-refractivity contribution in [3.8, 4) is 11.5 Å². The lowest BCUT2D eigenvalue weighted by atomic mass is 9.94. The number of aryl methyl sites for hydroxylation is 1. The van der Waals surface area contributed by atoms with Crippen LogP contribution in [-0.4, -0.2) is 64.3 Å². The highest BCUT2D eigenvalue weighted by molar-refractivity contribution is 5.79. The SMILES string of the molecule is CCNC(=NCCCc1ccc(OC)c(OCC)c1)NCCC1CCN(C)CC1. The van der Waals surface area contributed by atoms with Gasteiger partial charge in [0, 0.05) is 19.6 Å². The van der Waals surface area contributed by atoms with Gasteiger partial charge in [-0.05, 0) is 89.7 Å². The summed E-state index contributed by atoms with van der Waals surface area (Å²) in [7, 11) is 3.89. The van der Waals surface area contributed by atoms with Gasteiger partial charge in [0.05, 0.1) is 13.7 Å². The van der Waals surface area contributed by atoms with E-state index in [4.69, 9.17) is 14.5 Å². The molecule has 2 N–H and O–H groups in total. The summed E-state index contributed by atoms with van der Waals surface area (Å²) < 4.78 is 11.0. The zero-order valence-electron chi connectivity index (χ0n) is 18.8. The second kappa shape index (κ2) is 13.3. The summed E-state index contributed by atoms with van der Waals surface area (Å²) in [5, 5.41) is 6.87. The maximum atomic E-state index is 5.67. The van der Waals surface area contributed by atoms with Crippen molar-refractivity contribution in [2.45, 2.75) is 46.0 Å². The Morgan fingerprint density at radius 1 is 1.17 bits per heavy atom. The van der Waals surface area contributed by atoms with E-state index in [9.17, 15) is 0 Å². The molecule has 0 saturated carbocycles. The first-order valence-corrected chi connectivity index (χ1v) is 11.2. The fraction of sp³-hybridized carbons (Fsp3) is 0.696. The molecule has 0 aliphatic carbocycles. The van der Waals surface area contributed by atoms with Crippen LogP contribution in [0.1, 0.15) is 45.1 Å². The minimum Gasteiger partial charge on any atom is -0.493 e. The maximum Gasteiger partial charge on any atom is 0.191 e. The number of hydrogen-bond acceptors (Lipinski definition) is 4. The Morgan fingerprint density at radius 3 is 2.66 bits per heavy atom. The van der Waals surface area contributed by atoms with Crippen LogP contribution in [0.4, 0.5) is 0 Å².